The van der Waals surface area contributed by atoms with Gasteiger partial charge in [0.25, 0.3) is 0 Å². The molecule has 0 spiro atoms. The van der Waals surface area contributed by atoms with Crippen LogP contribution in [0.4, 0.5) is 0 Å². The van der Waals surface area contributed by atoms with Gasteiger partial charge in [-0.3, -0.25) is 9.13 Å². The van der Waals surface area contributed by atoms with Crippen molar-refractivity contribution in [1.82, 2.24) is 14.1 Å². The first kappa shape index (κ1) is 13.5. The Bertz CT molecular complexity index is 862. The van der Waals surface area contributed by atoms with Crippen molar-refractivity contribution in [2.24, 2.45) is 7.05 Å². The molecule has 0 fully saturated rings. The zero-order chi connectivity index (χ0) is 14.4. The highest BCUT2D eigenvalue weighted by Gasteiger charge is 2.18. The van der Waals surface area contributed by atoms with Gasteiger partial charge in [-0.2, -0.15) is 0 Å². The van der Waals surface area contributed by atoms with Gasteiger partial charge in [-0.05, 0) is 24.3 Å². The van der Waals surface area contributed by atoms with E-state index in [0.717, 1.165) is 0 Å². The fraction of sp³-hybridized carbons (Fsp3) is 0.0769. The molecular formula is C13H8Cl3N3O. The molecule has 1 aromatic carbocycles. The summed E-state index contributed by atoms with van der Waals surface area (Å²) in [6.07, 6.45) is 0. The van der Waals surface area contributed by atoms with E-state index in [1.165, 1.54) is 9.13 Å². The number of para-hydroxylation sites is 1. The number of hydrogen-bond donors (Lipinski definition) is 0. The van der Waals surface area contributed by atoms with E-state index in [1.54, 1.807) is 37.4 Å². The van der Waals surface area contributed by atoms with Gasteiger partial charge in [0, 0.05) is 7.05 Å². The van der Waals surface area contributed by atoms with Gasteiger partial charge in [-0.25, -0.2) is 9.78 Å². The minimum absolute atomic E-state index is 0.287. The van der Waals surface area contributed by atoms with E-state index in [4.69, 9.17) is 34.8 Å². The van der Waals surface area contributed by atoms with Crippen LogP contribution in [-0.4, -0.2) is 14.1 Å². The predicted octanol–water partition coefficient (Wildman–Crippen LogP) is 3.68. The number of rotatable bonds is 1. The van der Waals surface area contributed by atoms with Crippen molar-refractivity contribution in [3.8, 4) is 5.69 Å². The number of aromatic nitrogens is 3. The van der Waals surface area contributed by atoms with Gasteiger partial charge in [0.2, 0.25) is 0 Å². The summed E-state index contributed by atoms with van der Waals surface area (Å²) in [5, 5.41) is 1.10. The van der Waals surface area contributed by atoms with E-state index in [1.807, 2.05) is 0 Å². The molecule has 0 N–H and O–H groups in total. The first-order valence-electron chi connectivity index (χ1n) is 5.69. The third-order valence-electron chi connectivity index (χ3n) is 3.02. The third-order valence-corrected chi connectivity index (χ3v) is 3.84. The summed E-state index contributed by atoms with van der Waals surface area (Å²) in [5.41, 5.74) is 1.22. The van der Waals surface area contributed by atoms with Crippen molar-refractivity contribution in [3.05, 3.63) is 56.0 Å². The fourth-order valence-corrected chi connectivity index (χ4v) is 2.81. The van der Waals surface area contributed by atoms with Crippen LogP contribution in [0.25, 0.3) is 16.9 Å². The molecule has 3 aromatic rings. The Hall–Kier alpha value is -1.49. The topological polar surface area (TPSA) is 39.8 Å². The molecule has 0 aliphatic rings. The van der Waals surface area contributed by atoms with Crippen molar-refractivity contribution in [1.29, 1.82) is 0 Å². The van der Waals surface area contributed by atoms with E-state index >= 15 is 0 Å². The summed E-state index contributed by atoms with van der Waals surface area (Å²) >= 11 is 18.2. The highest BCUT2D eigenvalue weighted by Crippen LogP contribution is 2.29. The van der Waals surface area contributed by atoms with Crippen LogP contribution < -0.4 is 5.69 Å². The molecule has 3 rings (SSSR count). The number of nitrogens with zero attached hydrogens (tertiary/aromatic N) is 3. The minimum Gasteiger partial charge on any atom is -0.279 e. The molecule has 7 heteroatoms. The molecule has 0 saturated carbocycles. The molecule has 0 aliphatic heterocycles. The number of fused-ring (bicyclic) bond motifs is 1. The van der Waals surface area contributed by atoms with Crippen LogP contribution in [0.5, 0.6) is 0 Å². The van der Waals surface area contributed by atoms with E-state index in [9.17, 15) is 4.79 Å². The Labute approximate surface area is 129 Å². The highest BCUT2D eigenvalue weighted by molar-refractivity contribution is 6.37. The third kappa shape index (κ3) is 1.92. The zero-order valence-electron chi connectivity index (χ0n) is 10.3. The second-order valence-electron chi connectivity index (χ2n) is 4.22. The molecular weight excluding hydrogens is 321 g/mol. The average molecular weight is 329 g/mol. The summed E-state index contributed by atoms with van der Waals surface area (Å²) in [5.74, 6) is 0. The molecule has 4 nitrogen and oxygen atoms in total. The Morgan fingerprint density at radius 3 is 2.35 bits per heavy atom. The number of imidazole rings is 1. The first-order chi connectivity index (χ1) is 9.50. The van der Waals surface area contributed by atoms with Crippen LogP contribution in [0.1, 0.15) is 0 Å². The second kappa shape index (κ2) is 4.81. The van der Waals surface area contributed by atoms with Gasteiger partial charge in [0.05, 0.1) is 21.2 Å². The second-order valence-corrected chi connectivity index (χ2v) is 5.43. The minimum atomic E-state index is -0.287. The lowest BCUT2D eigenvalue weighted by Crippen LogP contribution is -2.21. The molecule has 0 aliphatic carbocycles. The van der Waals surface area contributed by atoms with Gasteiger partial charge in [0.1, 0.15) is 5.15 Å². The lowest BCUT2D eigenvalue weighted by atomic mass is 10.3. The Kier molecular flexibility index (Phi) is 3.24. The van der Waals surface area contributed by atoms with Gasteiger partial charge in [-0.15, -0.1) is 0 Å². The molecule has 102 valence electrons. The Morgan fingerprint density at radius 2 is 1.70 bits per heavy atom. The summed E-state index contributed by atoms with van der Waals surface area (Å²) in [6, 6.07) is 8.41. The van der Waals surface area contributed by atoms with E-state index in [-0.39, 0.29) is 5.69 Å². The van der Waals surface area contributed by atoms with Gasteiger partial charge < -0.3 is 0 Å². The molecule has 2 heterocycles. The van der Waals surface area contributed by atoms with Gasteiger partial charge >= 0.3 is 5.69 Å². The Morgan fingerprint density at radius 1 is 1.05 bits per heavy atom. The molecule has 0 atom stereocenters. The molecule has 0 amide bonds. The molecule has 2 aromatic heterocycles. The van der Waals surface area contributed by atoms with Crippen molar-refractivity contribution in [2.75, 3.05) is 0 Å². The van der Waals surface area contributed by atoms with Gasteiger partial charge in [-0.1, -0.05) is 40.9 Å². The lowest BCUT2D eigenvalue weighted by Gasteiger charge is -2.07. The Balaban J connectivity index is 2.49. The number of aryl methyl sites for hydroxylation is 1. The zero-order valence-corrected chi connectivity index (χ0v) is 12.5. The average Bonchev–Trinajstić information content (AvgIpc) is 2.64. The van der Waals surface area contributed by atoms with Crippen LogP contribution >= 0.6 is 34.8 Å². The van der Waals surface area contributed by atoms with Crippen LogP contribution in [0.2, 0.25) is 15.2 Å². The molecule has 20 heavy (non-hydrogen) atoms. The van der Waals surface area contributed by atoms with Crippen molar-refractivity contribution in [3.63, 3.8) is 0 Å². The number of halogens is 3. The quantitative estimate of drug-likeness (QED) is 0.639. The molecule has 0 unspecified atom stereocenters. The van der Waals surface area contributed by atoms with Gasteiger partial charge in [0.15, 0.2) is 5.65 Å². The molecule has 0 saturated heterocycles. The maximum absolute atomic E-state index is 12.4. The summed E-state index contributed by atoms with van der Waals surface area (Å²) in [7, 11) is 1.62. The maximum atomic E-state index is 12.4. The van der Waals surface area contributed by atoms with E-state index in [0.29, 0.717) is 32.0 Å². The van der Waals surface area contributed by atoms with Crippen molar-refractivity contribution >= 4 is 46.0 Å². The fourth-order valence-electron chi connectivity index (χ4n) is 2.10. The van der Waals surface area contributed by atoms with Crippen LogP contribution in [0.15, 0.2) is 35.1 Å². The maximum Gasteiger partial charge on any atom is 0.334 e. The predicted molar refractivity (Wildman–Crippen MR) is 81.3 cm³/mol. The standard InChI is InChI=1S/C13H8Cl3N3O/c1-18-12-9(5-6-10(16)17-12)19(13(18)20)11-7(14)3-2-4-8(11)15/h2-6H,1H3. The molecule has 0 bridgehead atoms. The van der Waals surface area contributed by atoms with E-state index < -0.39 is 0 Å². The first-order valence-corrected chi connectivity index (χ1v) is 6.82. The largest absolute Gasteiger partial charge is 0.334 e. The lowest BCUT2D eigenvalue weighted by molar-refractivity contribution is 0.839. The molecule has 0 radical (unpaired) electrons. The van der Waals surface area contributed by atoms with Crippen molar-refractivity contribution in [2.45, 2.75) is 0 Å². The number of benzene rings is 1. The number of pyridine rings is 1. The van der Waals surface area contributed by atoms with Crippen LogP contribution in [0, 0.1) is 0 Å². The van der Waals surface area contributed by atoms with E-state index in [2.05, 4.69) is 4.98 Å². The summed E-state index contributed by atoms with van der Waals surface area (Å²) < 4.78 is 2.84. The van der Waals surface area contributed by atoms with Crippen LogP contribution in [-0.2, 0) is 7.05 Å². The summed E-state index contributed by atoms with van der Waals surface area (Å²) in [4.78, 5) is 16.6. The summed E-state index contributed by atoms with van der Waals surface area (Å²) in [6.45, 7) is 0. The monoisotopic (exact) mass is 327 g/mol. The highest BCUT2D eigenvalue weighted by atomic mass is 35.5. The number of hydrogen-bond acceptors (Lipinski definition) is 2. The SMILES string of the molecule is Cn1c(=O)n(-c2c(Cl)cccc2Cl)c2ccc(Cl)nc21. The van der Waals surface area contributed by atoms with Crippen LogP contribution in [0.3, 0.4) is 0 Å². The normalized spacial score (nSPS) is 11.2. The van der Waals surface area contributed by atoms with Crippen molar-refractivity contribution < 1.29 is 0 Å². The smallest absolute Gasteiger partial charge is 0.279 e.